The predicted octanol–water partition coefficient (Wildman–Crippen LogP) is 1.37. The Balaban J connectivity index is 2.16. The average molecular weight is 306 g/mol. The molecule has 0 radical (unpaired) electrons. The first-order valence-electron chi connectivity index (χ1n) is 5.85. The van der Waals surface area contributed by atoms with E-state index >= 15 is 0 Å². The Hall–Kier alpha value is -1.54. The number of aliphatic carboxylic acids is 1. The van der Waals surface area contributed by atoms with Crippen LogP contribution >= 0.6 is 0 Å². The van der Waals surface area contributed by atoms with E-state index in [4.69, 9.17) is 9.84 Å². The molecule has 0 bridgehead atoms. The van der Waals surface area contributed by atoms with Crippen LogP contribution in [-0.2, 0) is 19.4 Å². The molecule has 1 aromatic rings. The highest BCUT2D eigenvalue weighted by molar-refractivity contribution is 7.91. The largest absolute Gasteiger partial charge is 0.479 e. The Morgan fingerprint density at radius 3 is 2.65 bits per heavy atom. The number of carboxylic acid groups (broad SMARTS) is 1. The summed E-state index contributed by atoms with van der Waals surface area (Å²) in [4.78, 5) is 9.96. The van der Waals surface area contributed by atoms with E-state index in [9.17, 15) is 22.0 Å². The van der Waals surface area contributed by atoms with Gasteiger partial charge in [0.2, 0.25) is 0 Å². The minimum Gasteiger partial charge on any atom is -0.479 e. The standard InChI is InChI=1S/C12H12F2O5S/c13-7-1-3-9(14)11(5-7)20(17,18)6-8-2-4-10(19-8)12(15)16/h1,3,5,8,10H,2,4,6H2,(H,15,16). The SMILES string of the molecule is O=C(O)C1CCC(CS(=O)(=O)c2cc(F)ccc2F)O1. The molecule has 1 aromatic carbocycles. The molecule has 1 heterocycles. The predicted molar refractivity (Wildman–Crippen MR) is 63.9 cm³/mol. The van der Waals surface area contributed by atoms with Crippen molar-refractivity contribution in [1.29, 1.82) is 0 Å². The summed E-state index contributed by atoms with van der Waals surface area (Å²) >= 11 is 0. The van der Waals surface area contributed by atoms with Gasteiger partial charge in [0.05, 0.1) is 11.9 Å². The Labute approximate surface area is 114 Å². The molecule has 8 heteroatoms. The van der Waals surface area contributed by atoms with Crippen LogP contribution in [0.15, 0.2) is 23.1 Å². The first kappa shape index (κ1) is 14.9. The van der Waals surface area contributed by atoms with Gasteiger partial charge in [-0.2, -0.15) is 0 Å². The second-order valence-electron chi connectivity index (χ2n) is 4.52. The van der Waals surface area contributed by atoms with Crippen molar-refractivity contribution < 1.29 is 31.8 Å². The zero-order chi connectivity index (χ0) is 14.9. The van der Waals surface area contributed by atoms with Crippen molar-refractivity contribution in [2.75, 3.05) is 5.75 Å². The van der Waals surface area contributed by atoms with Gasteiger partial charge in [0, 0.05) is 0 Å². The van der Waals surface area contributed by atoms with Gasteiger partial charge in [0.1, 0.15) is 16.5 Å². The quantitative estimate of drug-likeness (QED) is 0.908. The number of benzene rings is 1. The van der Waals surface area contributed by atoms with Gasteiger partial charge < -0.3 is 9.84 Å². The lowest BCUT2D eigenvalue weighted by molar-refractivity contribution is -0.148. The first-order valence-corrected chi connectivity index (χ1v) is 7.51. The maximum Gasteiger partial charge on any atom is 0.332 e. The molecule has 0 saturated carbocycles. The molecule has 1 fully saturated rings. The van der Waals surface area contributed by atoms with Gasteiger partial charge in [-0.3, -0.25) is 0 Å². The molecule has 2 atom stereocenters. The van der Waals surface area contributed by atoms with E-state index in [1.165, 1.54) is 0 Å². The number of ether oxygens (including phenoxy) is 1. The third kappa shape index (κ3) is 3.13. The van der Waals surface area contributed by atoms with Crippen LogP contribution in [0.4, 0.5) is 8.78 Å². The Bertz CT molecular complexity index is 629. The number of rotatable bonds is 4. The molecule has 2 unspecified atom stereocenters. The minimum atomic E-state index is -4.08. The number of carbonyl (C=O) groups is 1. The minimum absolute atomic E-state index is 0.196. The van der Waals surface area contributed by atoms with E-state index in [0.29, 0.717) is 6.07 Å². The molecule has 0 aromatic heterocycles. The fourth-order valence-corrected chi connectivity index (χ4v) is 3.63. The van der Waals surface area contributed by atoms with Crippen LogP contribution in [0.5, 0.6) is 0 Å². The summed E-state index contributed by atoms with van der Waals surface area (Å²) in [5.74, 6) is -3.64. The van der Waals surface area contributed by atoms with Gasteiger partial charge in [-0.1, -0.05) is 0 Å². The molecule has 0 spiro atoms. The van der Waals surface area contributed by atoms with E-state index in [-0.39, 0.29) is 12.8 Å². The molecule has 1 N–H and O–H groups in total. The molecule has 0 aliphatic carbocycles. The highest BCUT2D eigenvalue weighted by Crippen LogP contribution is 2.25. The molecule has 110 valence electrons. The molecule has 1 saturated heterocycles. The zero-order valence-electron chi connectivity index (χ0n) is 10.3. The van der Waals surface area contributed by atoms with Crippen molar-refractivity contribution in [2.24, 2.45) is 0 Å². The first-order chi connectivity index (χ1) is 9.29. The molecule has 2 rings (SSSR count). The lowest BCUT2D eigenvalue weighted by Gasteiger charge is -2.12. The van der Waals surface area contributed by atoms with Crippen LogP contribution in [-0.4, -0.2) is 37.5 Å². The summed E-state index contributed by atoms with van der Waals surface area (Å²) in [7, 11) is -4.08. The maximum atomic E-state index is 13.5. The van der Waals surface area contributed by atoms with Crippen molar-refractivity contribution in [3.63, 3.8) is 0 Å². The number of hydrogen-bond donors (Lipinski definition) is 1. The molecular formula is C12H12F2O5S. The van der Waals surface area contributed by atoms with Crippen molar-refractivity contribution >= 4 is 15.8 Å². The fourth-order valence-electron chi connectivity index (χ4n) is 2.06. The Morgan fingerprint density at radius 2 is 2.05 bits per heavy atom. The Kier molecular flexibility index (Phi) is 4.05. The molecule has 20 heavy (non-hydrogen) atoms. The molecule has 0 amide bonds. The second kappa shape index (κ2) is 5.45. The van der Waals surface area contributed by atoms with Crippen LogP contribution in [0.25, 0.3) is 0 Å². The van der Waals surface area contributed by atoms with Crippen LogP contribution in [0.1, 0.15) is 12.8 Å². The highest BCUT2D eigenvalue weighted by Gasteiger charge is 2.34. The van der Waals surface area contributed by atoms with Crippen LogP contribution in [0.3, 0.4) is 0 Å². The summed E-state index contributed by atoms with van der Waals surface area (Å²) in [5, 5.41) is 8.74. The van der Waals surface area contributed by atoms with Gasteiger partial charge in [-0.25, -0.2) is 22.0 Å². The third-order valence-corrected chi connectivity index (χ3v) is 4.81. The molecule has 5 nitrogen and oxygen atoms in total. The molecular weight excluding hydrogens is 294 g/mol. The summed E-state index contributed by atoms with van der Waals surface area (Å²) in [6.45, 7) is 0. The van der Waals surface area contributed by atoms with Crippen molar-refractivity contribution in [2.45, 2.75) is 29.9 Å². The smallest absolute Gasteiger partial charge is 0.332 e. The second-order valence-corrected chi connectivity index (χ2v) is 6.52. The van der Waals surface area contributed by atoms with Crippen LogP contribution in [0, 0.1) is 11.6 Å². The number of carboxylic acids is 1. The number of halogens is 2. The van der Waals surface area contributed by atoms with Crippen molar-refractivity contribution in [1.82, 2.24) is 0 Å². The topological polar surface area (TPSA) is 80.7 Å². The van der Waals surface area contributed by atoms with Gasteiger partial charge in [0.25, 0.3) is 0 Å². The van der Waals surface area contributed by atoms with Gasteiger partial charge in [-0.15, -0.1) is 0 Å². The van der Waals surface area contributed by atoms with E-state index in [1.807, 2.05) is 0 Å². The van der Waals surface area contributed by atoms with Crippen LogP contribution in [0.2, 0.25) is 0 Å². The van der Waals surface area contributed by atoms with E-state index in [0.717, 1.165) is 12.1 Å². The van der Waals surface area contributed by atoms with Crippen molar-refractivity contribution in [3.8, 4) is 0 Å². The van der Waals surface area contributed by atoms with Gasteiger partial charge in [-0.05, 0) is 31.0 Å². The summed E-state index contributed by atoms with van der Waals surface area (Å²) < 4.78 is 55.5. The van der Waals surface area contributed by atoms with E-state index in [2.05, 4.69) is 0 Å². The van der Waals surface area contributed by atoms with Gasteiger partial charge in [0.15, 0.2) is 15.9 Å². The fraction of sp³-hybridized carbons (Fsp3) is 0.417. The highest BCUT2D eigenvalue weighted by atomic mass is 32.2. The summed E-state index contributed by atoms with van der Waals surface area (Å²) in [5.41, 5.74) is 0. The zero-order valence-corrected chi connectivity index (χ0v) is 11.1. The van der Waals surface area contributed by atoms with Crippen molar-refractivity contribution in [3.05, 3.63) is 29.8 Å². The maximum absolute atomic E-state index is 13.5. The lowest BCUT2D eigenvalue weighted by atomic mass is 10.2. The monoisotopic (exact) mass is 306 g/mol. The average Bonchev–Trinajstić information content (AvgIpc) is 2.80. The number of hydrogen-bond acceptors (Lipinski definition) is 4. The molecule has 1 aliphatic rings. The Morgan fingerprint density at radius 1 is 1.35 bits per heavy atom. The summed E-state index contributed by atoms with van der Waals surface area (Å²) in [6, 6.07) is 2.16. The normalized spacial score (nSPS) is 22.9. The van der Waals surface area contributed by atoms with Gasteiger partial charge >= 0.3 is 5.97 Å². The van der Waals surface area contributed by atoms with E-state index < -0.39 is 50.3 Å². The van der Waals surface area contributed by atoms with E-state index in [1.54, 1.807) is 0 Å². The third-order valence-electron chi connectivity index (χ3n) is 3.02. The number of sulfone groups is 1. The lowest BCUT2D eigenvalue weighted by Crippen LogP contribution is -2.25. The van der Waals surface area contributed by atoms with Crippen LogP contribution < -0.4 is 0 Å². The summed E-state index contributed by atoms with van der Waals surface area (Å²) in [6.07, 6.45) is -1.44. The molecule has 1 aliphatic heterocycles.